The zero-order chi connectivity index (χ0) is 30.4. The van der Waals surface area contributed by atoms with Crippen LogP contribution in [-0.4, -0.2) is 30.1 Å². The summed E-state index contributed by atoms with van der Waals surface area (Å²) in [5.41, 5.74) is 7.89. The lowest BCUT2D eigenvalue weighted by atomic mass is 9.94. The van der Waals surface area contributed by atoms with E-state index in [0.717, 1.165) is 59.1 Å². The molecule has 0 atom stereocenters. The average molecular weight is 578 g/mol. The summed E-state index contributed by atoms with van der Waals surface area (Å²) in [5.74, 6) is -0.206. The molecular weight excluding hydrogens is 534 g/mol. The molecule has 0 aliphatic heterocycles. The van der Waals surface area contributed by atoms with Gasteiger partial charge in [-0.3, -0.25) is 9.59 Å². The summed E-state index contributed by atoms with van der Waals surface area (Å²) in [4.78, 5) is 24.4. The lowest BCUT2D eigenvalue weighted by Gasteiger charge is -2.16. The van der Waals surface area contributed by atoms with Crippen LogP contribution in [0, 0.1) is 13.8 Å². The van der Waals surface area contributed by atoms with E-state index in [1.165, 1.54) is 18.4 Å². The molecule has 0 spiro atoms. The number of amides is 1. The van der Waals surface area contributed by atoms with Gasteiger partial charge in [-0.25, -0.2) is 0 Å². The largest absolute Gasteiger partial charge is 0.493 e. The van der Waals surface area contributed by atoms with Gasteiger partial charge in [-0.05, 0) is 85.5 Å². The molecule has 0 bridgehead atoms. The molecule has 5 heteroatoms. The first-order chi connectivity index (χ1) is 20.9. The third kappa shape index (κ3) is 9.85. The minimum atomic E-state index is -0.835. The lowest BCUT2D eigenvalue weighted by molar-refractivity contribution is -0.137. The number of ether oxygens (including phenoxy) is 1. The monoisotopic (exact) mass is 577 g/mol. The highest BCUT2D eigenvalue weighted by Crippen LogP contribution is 2.36. The highest BCUT2D eigenvalue weighted by molar-refractivity contribution is 5.97. The highest BCUT2D eigenvalue weighted by atomic mass is 16.5. The smallest absolute Gasteiger partial charge is 0.303 e. The Morgan fingerprint density at radius 2 is 1.47 bits per heavy atom. The van der Waals surface area contributed by atoms with Crippen LogP contribution >= 0.6 is 0 Å². The summed E-state index contributed by atoms with van der Waals surface area (Å²) >= 11 is 0. The van der Waals surface area contributed by atoms with E-state index >= 15 is 0 Å². The van der Waals surface area contributed by atoms with Crippen LogP contribution in [0.25, 0.3) is 22.3 Å². The van der Waals surface area contributed by atoms with Gasteiger partial charge in [-0.2, -0.15) is 0 Å². The fourth-order valence-electron chi connectivity index (χ4n) is 5.31. The molecule has 4 rings (SSSR count). The Balaban J connectivity index is 1.44. The van der Waals surface area contributed by atoms with Crippen molar-refractivity contribution in [3.8, 4) is 28.0 Å². The maximum absolute atomic E-state index is 13.4. The second-order valence-electron chi connectivity index (χ2n) is 11.2. The number of hydrogen-bond acceptors (Lipinski definition) is 3. The molecule has 0 fully saturated rings. The van der Waals surface area contributed by atoms with E-state index in [9.17, 15) is 9.59 Å². The standard InChI is InChI=1S/C38H43NO4/c1-28-14-11-19-31(24-28)32-25-33(35-20-12-15-29(2)37(35)43-23-13-21-36(40)41)27-34(26-32)38(42)39-22-10-5-3-4-7-16-30-17-8-6-9-18-30/h6,8-9,11-12,14-15,17-20,24-27H,3-5,7,10,13,16,21-23H2,1-2H3,(H,39,42)(H,40,41). The molecule has 0 aliphatic carbocycles. The summed E-state index contributed by atoms with van der Waals surface area (Å²) in [7, 11) is 0. The van der Waals surface area contributed by atoms with Crippen LogP contribution in [0.1, 0.15) is 72.0 Å². The Morgan fingerprint density at radius 3 is 2.26 bits per heavy atom. The molecule has 5 nitrogen and oxygen atoms in total. The fourth-order valence-corrected chi connectivity index (χ4v) is 5.31. The molecule has 4 aromatic carbocycles. The molecule has 0 saturated heterocycles. The first kappa shape index (κ1) is 31.6. The zero-order valence-electron chi connectivity index (χ0n) is 25.4. The first-order valence-electron chi connectivity index (χ1n) is 15.4. The van der Waals surface area contributed by atoms with Gasteiger partial charge in [0, 0.05) is 24.1 Å². The molecule has 0 saturated carbocycles. The van der Waals surface area contributed by atoms with Gasteiger partial charge in [0.2, 0.25) is 0 Å². The number of benzene rings is 4. The van der Waals surface area contributed by atoms with Crippen LogP contribution in [0.3, 0.4) is 0 Å². The molecule has 0 aliphatic rings. The first-order valence-corrected chi connectivity index (χ1v) is 15.4. The number of carboxylic acid groups (broad SMARTS) is 1. The van der Waals surface area contributed by atoms with Gasteiger partial charge in [0.25, 0.3) is 5.91 Å². The second-order valence-corrected chi connectivity index (χ2v) is 11.2. The summed E-state index contributed by atoms with van der Waals surface area (Å²) < 4.78 is 6.12. The van der Waals surface area contributed by atoms with Gasteiger partial charge < -0.3 is 15.2 Å². The van der Waals surface area contributed by atoms with Crippen molar-refractivity contribution in [2.45, 2.75) is 65.2 Å². The van der Waals surface area contributed by atoms with Crippen molar-refractivity contribution in [3.63, 3.8) is 0 Å². The van der Waals surface area contributed by atoms with Crippen molar-refractivity contribution in [2.24, 2.45) is 0 Å². The van der Waals surface area contributed by atoms with Gasteiger partial charge in [0.15, 0.2) is 0 Å². The van der Waals surface area contributed by atoms with Crippen LogP contribution < -0.4 is 10.1 Å². The van der Waals surface area contributed by atoms with E-state index in [-0.39, 0.29) is 12.3 Å². The minimum absolute atomic E-state index is 0.0576. The van der Waals surface area contributed by atoms with Gasteiger partial charge in [-0.1, -0.05) is 97.6 Å². The number of unbranched alkanes of at least 4 members (excludes halogenated alkanes) is 4. The summed E-state index contributed by atoms with van der Waals surface area (Å²) in [6.07, 6.45) is 7.20. The molecule has 2 N–H and O–H groups in total. The average Bonchev–Trinajstić information content (AvgIpc) is 3.01. The van der Waals surface area contributed by atoms with E-state index in [0.29, 0.717) is 30.9 Å². The number of aliphatic carboxylic acids is 1. The van der Waals surface area contributed by atoms with E-state index in [1.54, 1.807) is 0 Å². The van der Waals surface area contributed by atoms with Crippen molar-refractivity contribution in [1.82, 2.24) is 5.32 Å². The van der Waals surface area contributed by atoms with E-state index in [2.05, 4.69) is 66.8 Å². The van der Waals surface area contributed by atoms with E-state index in [1.807, 2.05) is 43.3 Å². The van der Waals surface area contributed by atoms with Gasteiger partial charge >= 0.3 is 5.97 Å². The van der Waals surface area contributed by atoms with Crippen LogP contribution in [0.15, 0.2) is 91.0 Å². The topological polar surface area (TPSA) is 75.6 Å². The summed E-state index contributed by atoms with van der Waals surface area (Å²) in [6.45, 7) is 4.99. The van der Waals surface area contributed by atoms with Crippen LogP contribution in [0.4, 0.5) is 0 Å². The third-order valence-electron chi connectivity index (χ3n) is 7.62. The van der Waals surface area contributed by atoms with Crippen molar-refractivity contribution >= 4 is 11.9 Å². The summed E-state index contributed by atoms with van der Waals surface area (Å²) in [5, 5.41) is 12.1. The number of para-hydroxylation sites is 1. The number of carboxylic acids is 1. The zero-order valence-corrected chi connectivity index (χ0v) is 25.4. The lowest BCUT2D eigenvalue weighted by Crippen LogP contribution is -2.24. The molecule has 0 aromatic heterocycles. The molecule has 1 amide bonds. The second kappa shape index (κ2) is 16.3. The van der Waals surface area contributed by atoms with Gasteiger partial charge in [0.1, 0.15) is 5.75 Å². The Kier molecular flexibility index (Phi) is 12.0. The van der Waals surface area contributed by atoms with Crippen molar-refractivity contribution in [3.05, 3.63) is 113 Å². The van der Waals surface area contributed by atoms with Gasteiger partial charge in [0.05, 0.1) is 6.61 Å². The third-order valence-corrected chi connectivity index (χ3v) is 7.62. The van der Waals surface area contributed by atoms with Crippen LogP contribution in [0.5, 0.6) is 5.75 Å². The minimum Gasteiger partial charge on any atom is -0.493 e. The highest BCUT2D eigenvalue weighted by Gasteiger charge is 2.15. The Morgan fingerprint density at radius 1 is 0.721 bits per heavy atom. The summed E-state index contributed by atoms with van der Waals surface area (Å²) in [6, 6.07) is 30.8. The van der Waals surface area contributed by atoms with E-state index in [4.69, 9.17) is 9.84 Å². The fraction of sp³-hybridized carbons (Fsp3) is 0.316. The number of nitrogens with one attached hydrogen (secondary N) is 1. The van der Waals surface area contributed by atoms with Gasteiger partial charge in [-0.15, -0.1) is 0 Å². The van der Waals surface area contributed by atoms with Crippen LogP contribution in [0.2, 0.25) is 0 Å². The maximum atomic E-state index is 13.4. The van der Waals surface area contributed by atoms with E-state index < -0.39 is 5.97 Å². The van der Waals surface area contributed by atoms with Crippen molar-refractivity contribution < 1.29 is 19.4 Å². The van der Waals surface area contributed by atoms with Crippen LogP contribution in [-0.2, 0) is 11.2 Å². The number of carbonyl (C=O) groups is 2. The Bertz CT molecular complexity index is 1500. The number of hydrogen-bond donors (Lipinski definition) is 2. The predicted molar refractivity (Wildman–Crippen MR) is 175 cm³/mol. The van der Waals surface area contributed by atoms with Crippen molar-refractivity contribution in [1.29, 1.82) is 0 Å². The normalized spacial score (nSPS) is 10.8. The molecule has 0 heterocycles. The van der Waals surface area contributed by atoms with Crippen molar-refractivity contribution in [2.75, 3.05) is 13.2 Å². The maximum Gasteiger partial charge on any atom is 0.303 e. The molecule has 0 unspecified atom stereocenters. The number of carbonyl (C=O) groups excluding carboxylic acids is 1. The molecule has 43 heavy (non-hydrogen) atoms. The predicted octanol–water partition coefficient (Wildman–Crippen LogP) is 8.80. The quantitative estimate of drug-likeness (QED) is 0.131. The Labute approximate surface area is 255 Å². The molecular formula is C38H43NO4. The SMILES string of the molecule is Cc1cccc(-c2cc(C(=O)NCCCCCCCc3ccccc3)cc(-c3cccc(C)c3OCCCC(=O)O)c2)c1. The molecule has 4 aromatic rings. The molecule has 224 valence electrons. The number of aryl methyl sites for hydroxylation is 3. The Hall–Kier alpha value is -4.38. The number of rotatable bonds is 16. The molecule has 0 radical (unpaired) electrons.